The van der Waals surface area contributed by atoms with Crippen LogP contribution in [0.25, 0.3) is 0 Å². The number of nitrogens with one attached hydrogen (secondary N) is 1. The Bertz CT molecular complexity index is 271. The molecule has 3 heteroatoms. The van der Waals surface area contributed by atoms with Gasteiger partial charge in [0.2, 0.25) is 0 Å². The summed E-state index contributed by atoms with van der Waals surface area (Å²) in [6.45, 7) is 3.74. The highest BCUT2D eigenvalue weighted by atomic mass is 35.5. The molecule has 1 atom stereocenters. The van der Waals surface area contributed by atoms with Crippen LogP contribution in [0.1, 0.15) is 25.3 Å². The van der Waals surface area contributed by atoms with Crippen molar-refractivity contribution in [1.82, 2.24) is 5.32 Å². The average molecular weight is 230 g/mol. The van der Waals surface area contributed by atoms with E-state index in [1.54, 1.807) is 12.1 Å². The molecule has 0 aliphatic rings. The number of rotatable bonds is 6. The predicted octanol–water partition coefficient (Wildman–Crippen LogP) is 3.32. The fourth-order valence-electron chi connectivity index (χ4n) is 1.34. The lowest BCUT2D eigenvalue weighted by molar-refractivity contribution is 0.613. The first kappa shape index (κ1) is 12.5. The molecule has 15 heavy (non-hydrogen) atoms. The van der Waals surface area contributed by atoms with E-state index in [0.29, 0.717) is 0 Å². The van der Waals surface area contributed by atoms with Gasteiger partial charge in [-0.1, -0.05) is 12.1 Å². The van der Waals surface area contributed by atoms with E-state index >= 15 is 0 Å². The predicted molar refractivity (Wildman–Crippen MR) is 62.7 cm³/mol. The molecule has 0 heterocycles. The van der Waals surface area contributed by atoms with Crippen LogP contribution in [0.4, 0.5) is 4.39 Å². The van der Waals surface area contributed by atoms with Crippen LogP contribution < -0.4 is 5.32 Å². The average Bonchev–Trinajstić information content (AvgIpc) is 2.20. The Morgan fingerprint density at radius 3 is 2.60 bits per heavy atom. The van der Waals surface area contributed by atoms with Crippen molar-refractivity contribution >= 4 is 11.6 Å². The van der Waals surface area contributed by atoms with E-state index in [1.165, 1.54) is 12.1 Å². The molecule has 0 aliphatic heterocycles. The van der Waals surface area contributed by atoms with Crippen molar-refractivity contribution in [2.24, 2.45) is 0 Å². The smallest absolute Gasteiger partial charge is 0.123 e. The SMILES string of the molecule is CC(Cl)CCCNCc1ccc(F)cc1. The third-order valence-electron chi connectivity index (χ3n) is 2.20. The van der Waals surface area contributed by atoms with Crippen LogP contribution in [0.5, 0.6) is 0 Å². The van der Waals surface area contributed by atoms with Gasteiger partial charge in [0.15, 0.2) is 0 Å². The maximum atomic E-state index is 12.6. The zero-order chi connectivity index (χ0) is 11.1. The molecule has 0 aromatic heterocycles. The van der Waals surface area contributed by atoms with Crippen LogP contribution in [-0.4, -0.2) is 11.9 Å². The van der Waals surface area contributed by atoms with Crippen molar-refractivity contribution in [1.29, 1.82) is 0 Å². The van der Waals surface area contributed by atoms with E-state index in [9.17, 15) is 4.39 Å². The van der Waals surface area contributed by atoms with Crippen molar-refractivity contribution in [3.05, 3.63) is 35.6 Å². The molecule has 0 aliphatic carbocycles. The summed E-state index contributed by atoms with van der Waals surface area (Å²) in [5, 5.41) is 3.54. The van der Waals surface area contributed by atoms with Crippen molar-refractivity contribution < 1.29 is 4.39 Å². The third-order valence-corrected chi connectivity index (χ3v) is 2.42. The quantitative estimate of drug-likeness (QED) is 0.583. The zero-order valence-electron chi connectivity index (χ0n) is 8.97. The minimum Gasteiger partial charge on any atom is -0.313 e. The highest BCUT2D eigenvalue weighted by Crippen LogP contribution is 2.04. The van der Waals surface area contributed by atoms with Gasteiger partial charge in [0.05, 0.1) is 0 Å². The molecule has 0 radical (unpaired) electrons. The molecule has 0 saturated carbocycles. The Morgan fingerprint density at radius 1 is 1.33 bits per heavy atom. The number of hydrogen-bond donors (Lipinski definition) is 1. The molecule has 0 amide bonds. The Morgan fingerprint density at radius 2 is 2.00 bits per heavy atom. The summed E-state index contributed by atoms with van der Waals surface area (Å²) in [4.78, 5) is 0. The largest absolute Gasteiger partial charge is 0.313 e. The summed E-state index contributed by atoms with van der Waals surface area (Å²) in [7, 11) is 0. The van der Waals surface area contributed by atoms with Crippen molar-refractivity contribution in [3.8, 4) is 0 Å². The maximum Gasteiger partial charge on any atom is 0.123 e. The van der Waals surface area contributed by atoms with Gasteiger partial charge in [-0.2, -0.15) is 0 Å². The Hall–Kier alpha value is -0.600. The minimum atomic E-state index is -0.185. The van der Waals surface area contributed by atoms with Gasteiger partial charge >= 0.3 is 0 Å². The summed E-state index contributed by atoms with van der Waals surface area (Å²) in [6, 6.07) is 6.56. The van der Waals surface area contributed by atoms with Gasteiger partial charge in [-0.05, 0) is 44.0 Å². The zero-order valence-corrected chi connectivity index (χ0v) is 9.73. The Kier molecular flexibility index (Phi) is 5.66. The molecule has 84 valence electrons. The molecule has 1 nitrogen and oxygen atoms in total. The van der Waals surface area contributed by atoms with Gasteiger partial charge in [-0.25, -0.2) is 4.39 Å². The standard InChI is InChI=1S/C12H17ClFN/c1-10(13)3-2-8-15-9-11-4-6-12(14)7-5-11/h4-7,10,15H,2-3,8-9H2,1H3. The number of benzene rings is 1. The molecule has 0 fully saturated rings. The molecular formula is C12H17ClFN. The van der Waals surface area contributed by atoms with Crippen molar-refractivity contribution in [3.63, 3.8) is 0 Å². The van der Waals surface area contributed by atoms with E-state index < -0.39 is 0 Å². The first-order valence-corrected chi connectivity index (χ1v) is 5.71. The molecular weight excluding hydrogens is 213 g/mol. The summed E-state index contributed by atoms with van der Waals surface area (Å²) in [5.41, 5.74) is 1.11. The highest BCUT2D eigenvalue weighted by molar-refractivity contribution is 6.20. The number of halogens is 2. The lowest BCUT2D eigenvalue weighted by Gasteiger charge is -2.05. The second-order valence-corrected chi connectivity index (χ2v) is 4.47. The van der Waals surface area contributed by atoms with Crippen LogP contribution in [-0.2, 0) is 6.54 Å². The van der Waals surface area contributed by atoms with Gasteiger partial charge in [0, 0.05) is 11.9 Å². The van der Waals surface area contributed by atoms with E-state index in [2.05, 4.69) is 5.32 Å². The fraction of sp³-hybridized carbons (Fsp3) is 0.500. The van der Waals surface area contributed by atoms with Gasteiger partial charge in [0.25, 0.3) is 0 Å². The van der Waals surface area contributed by atoms with E-state index in [-0.39, 0.29) is 11.2 Å². The topological polar surface area (TPSA) is 12.0 Å². The van der Waals surface area contributed by atoms with Crippen LogP contribution >= 0.6 is 11.6 Å². The summed E-state index contributed by atoms with van der Waals surface area (Å²) in [6.07, 6.45) is 2.10. The molecule has 1 aromatic carbocycles. The van der Waals surface area contributed by atoms with Crippen LogP contribution in [0, 0.1) is 5.82 Å². The molecule has 1 rings (SSSR count). The fourth-order valence-corrected chi connectivity index (χ4v) is 1.50. The molecule has 1 aromatic rings. The molecule has 0 bridgehead atoms. The van der Waals surface area contributed by atoms with E-state index in [1.807, 2.05) is 6.92 Å². The first-order valence-electron chi connectivity index (χ1n) is 5.27. The summed E-state index contributed by atoms with van der Waals surface area (Å²) >= 11 is 5.82. The van der Waals surface area contributed by atoms with Gasteiger partial charge < -0.3 is 5.32 Å². The van der Waals surface area contributed by atoms with E-state index in [0.717, 1.165) is 31.5 Å². The van der Waals surface area contributed by atoms with Gasteiger partial charge in [0.1, 0.15) is 5.82 Å². The highest BCUT2D eigenvalue weighted by Gasteiger charge is 1.96. The Labute approximate surface area is 95.6 Å². The van der Waals surface area contributed by atoms with Crippen LogP contribution in [0.2, 0.25) is 0 Å². The van der Waals surface area contributed by atoms with Gasteiger partial charge in [-0.15, -0.1) is 11.6 Å². The first-order chi connectivity index (χ1) is 7.18. The third kappa shape index (κ3) is 5.75. The summed E-state index contributed by atoms with van der Waals surface area (Å²) in [5.74, 6) is -0.185. The second kappa shape index (κ2) is 6.81. The maximum absolute atomic E-state index is 12.6. The lowest BCUT2D eigenvalue weighted by atomic mass is 10.2. The van der Waals surface area contributed by atoms with Crippen molar-refractivity contribution in [2.45, 2.75) is 31.7 Å². The Balaban J connectivity index is 2.12. The second-order valence-electron chi connectivity index (χ2n) is 3.73. The monoisotopic (exact) mass is 229 g/mol. The normalized spacial score (nSPS) is 12.7. The van der Waals surface area contributed by atoms with Crippen LogP contribution in [0.15, 0.2) is 24.3 Å². The minimum absolute atomic E-state index is 0.185. The molecule has 1 N–H and O–H groups in total. The summed E-state index contributed by atoms with van der Waals surface area (Å²) < 4.78 is 12.6. The van der Waals surface area contributed by atoms with Crippen molar-refractivity contribution in [2.75, 3.05) is 6.54 Å². The van der Waals surface area contributed by atoms with Crippen LogP contribution in [0.3, 0.4) is 0 Å². The number of alkyl halides is 1. The lowest BCUT2D eigenvalue weighted by Crippen LogP contribution is -2.15. The van der Waals surface area contributed by atoms with E-state index in [4.69, 9.17) is 11.6 Å². The molecule has 1 unspecified atom stereocenters. The number of hydrogen-bond acceptors (Lipinski definition) is 1. The molecule has 0 spiro atoms. The van der Waals surface area contributed by atoms with Gasteiger partial charge in [-0.3, -0.25) is 0 Å². The molecule has 0 saturated heterocycles.